The summed E-state index contributed by atoms with van der Waals surface area (Å²) in [6, 6.07) is 0. The number of allylic oxidation sites excluding steroid dienone is 3. The average molecular weight is 303 g/mol. The number of hydrogen-bond acceptors (Lipinski definition) is 3. The molecule has 1 N–H and O–H groups in total. The third-order valence-electron chi connectivity index (χ3n) is 2.79. The monoisotopic (exact) mass is 303 g/mol. The number of carbonyl (C=O) groups is 1. The van der Waals surface area contributed by atoms with Gasteiger partial charge < -0.3 is 5.32 Å². The Morgan fingerprint density at radius 1 is 1.27 bits per heavy atom. The summed E-state index contributed by atoms with van der Waals surface area (Å²) in [6.45, 7) is 10.6. The SMILES string of the molecule is CC.CC.CC1C=C(CC(=O)NCc2cnccn2)C=CC1. The summed E-state index contributed by atoms with van der Waals surface area (Å²) in [5.74, 6) is 0.545. The molecule has 0 saturated carbocycles. The molecule has 22 heavy (non-hydrogen) atoms. The summed E-state index contributed by atoms with van der Waals surface area (Å²) in [4.78, 5) is 19.8. The number of nitrogens with zero attached hydrogens (tertiary/aromatic N) is 2. The van der Waals surface area contributed by atoms with Crippen LogP contribution in [-0.4, -0.2) is 15.9 Å². The number of nitrogens with one attached hydrogen (secondary N) is 1. The summed E-state index contributed by atoms with van der Waals surface area (Å²) in [5.41, 5.74) is 1.86. The molecule has 0 radical (unpaired) electrons. The Morgan fingerprint density at radius 2 is 2.00 bits per heavy atom. The van der Waals surface area contributed by atoms with E-state index in [4.69, 9.17) is 0 Å². The van der Waals surface area contributed by atoms with Crippen molar-refractivity contribution in [3.05, 3.63) is 48.1 Å². The first-order valence-corrected chi connectivity index (χ1v) is 8.13. The van der Waals surface area contributed by atoms with Crippen molar-refractivity contribution in [2.24, 2.45) is 5.92 Å². The molecule has 0 bridgehead atoms. The molecule has 1 unspecified atom stereocenters. The fraction of sp³-hybridized carbons (Fsp3) is 0.500. The first-order valence-electron chi connectivity index (χ1n) is 8.13. The smallest absolute Gasteiger partial charge is 0.224 e. The third-order valence-corrected chi connectivity index (χ3v) is 2.79. The maximum atomic E-state index is 11.8. The Morgan fingerprint density at radius 3 is 2.59 bits per heavy atom. The predicted molar refractivity (Wildman–Crippen MR) is 92.2 cm³/mol. The van der Waals surface area contributed by atoms with Crippen LogP contribution in [0.25, 0.3) is 0 Å². The van der Waals surface area contributed by atoms with E-state index < -0.39 is 0 Å². The number of rotatable bonds is 4. The van der Waals surface area contributed by atoms with Gasteiger partial charge in [-0.15, -0.1) is 0 Å². The molecule has 1 atom stereocenters. The zero-order valence-electron chi connectivity index (χ0n) is 14.5. The van der Waals surface area contributed by atoms with Gasteiger partial charge >= 0.3 is 0 Å². The molecular weight excluding hydrogens is 274 g/mol. The van der Waals surface area contributed by atoms with Crippen LogP contribution in [0.3, 0.4) is 0 Å². The van der Waals surface area contributed by atoms with Crippen molar-refractivity contribution < 1.29 is 4.79 Å². The molecule has 4 nitrogen and oxygen atoms in total. The highest BCUT2D eigenvalue weighted by Gasteiger charge is 2.08. The molecule has 1 heterocycles. The summed E-state index contributed by atoms with van der Waals surface area (Å²) in [5, 5.41) is 2.84. The Labute approximate surface area is 134 Å². The highest BCUT2D eigenvalue weighted by molar-refractivity contribution is 5.79. The van der Waals surface area contributed by atoms with Gasteiger partial charge in [0.25, 0.3) is 0 Å². The van der Waals surface area contributed by atoms with Crippen LogP contribution < -0.4 is 5.32 Å². The quantitative estimate of drug-likeness (QED) is 0.912. The minimum absolute atomic E-state index is 0.0191. The molecule has 1 amide bonds. The Hall–Kier alpha value is -1.97. The fourth-order valence-electron chi connectivity index (χ4n) is 1.90. The average Bonchev–Trinajstić information content (AvgIpc) is 2.58. The van der Waals surface area contributed by atoms with Crippen molar-refractivity contribution in [3.8, 4) is 0 Å². The molecule has 122 valence electrons. The van der Waals surface area contributed by atoms with Gasteiger partial charge in [0, 0.05) is 12.4 Å². The topological polar surface area (TPSA) is 54.9 Å². The first kappa shape index (κ1) is 20.0. The summed E-state index contributed by atoms with van der Waals surface area (Å²) in [6.07, 6.45) is 12.7. The molecule has 1 aliphatic carbocycles. The van der Waals surface area contributed by atoms with Crippen molar-refractivity contribution in [1.29, 1.82) is 0 Å². The Balaban J connectivity index is 0.00000102. The number of hydrogen-bond donors (Lipinski definition) is 1. The van der Waals surface area contributed by atoms with Crippen molar-refractivity contribution in [3.63, 3.8) is 0 Å². The maximum absolute atomic E-state index is 11.8. The van der Waals surface area contributed by atoms with Crippen LogP contribution in [0.15, 0.2) is 42.4 Å². The van der Waals surface area contributed by atoms with Gasteiger partial charge in [0.1, 0.15) is 0 Å². The van der Waals surface area contributed by atoms with Gasteiger partial charge in [-0.1, -0.05) is 52.8 Å². The molecule has 1 aromatic heterocycles. The Bertz CT molecular complexity index is 466. The van der Waals surface area contributed by atoms with Crippen LogP contribution in [0, 0.1) is 5.92 Å². The normalized spacial score (nSPS) is 15.5. The summed E-state index contributed by atoms with van der Waals surface area (Å²) >= 11 is 0. The first-order chi connectivity index (χ1) is 10.7. The molecule has 0 saturated heterocycles. The van der Waals surface area contributed by atoms with E-state index in [0.717, 1.165) is 17.7 Å². The summed E-state index contributed by atoms with van der Waals surface area (Å²) in [7, 11) is 0. The molecule has 0 spiro atoms. The van der Waals surface area contributed by atoms with E-state index in [9.17, 15) is 4.79 Å². The maximum Gasteiger partial charge on any atom is 0.224 e. The van der Waals surface area contributed by atoms with Crippen LogP contribution in [-0.2, 0) is 11.3 Å². The van der Waals surface area contributed by atoms with E-state index in [-0.39, 0.29) is 5.91 Å². The lowest BCUT2D eigenvalue weighted by Gasteiger charge is -2.12. The number of carbonyl (C=O) groups excluding carboxylic acids is 1. The Kier molecular flexibility index (Phi) is 11.6. The van der Waals surface area contributed by atoms with Crippen molar-refractivity contribution in [2.75, 3.05) is 0 Å². The summed E-state index contributed by atoms with van der Waals surface area (Å²) < 4.78 is 0. The minimum Gasteiger partial charge on any atom is -0.350 e. The van der Waals surface area contributed by atoms with Crippen LogP contribution in [0.5, 0.6) is 0 Å². The largest absolute Gasteiger partial charge is 0.350 e. The zero-order valence-corrected chi connectivity index (χ0v) is 14.5. The van der Waals surface area contributed by atoms with Gasteiger partial charge in [0.05, 0.1) is 24.9 Å². The van der Waals surface area contributed by atoms with E-state index in [1.807, 2.05) is 33.8 Å². The van der Waals surface area contributed by atoms with Gasteiger partial charge in [-0.2, -0.15) is 0 Å². The highest BCUT2D eigenvalue weighted by atomic mass is 16.1. The third kappa shape index (κ3) is 8.35. The second-order valence-corrected chi connectivity index (χ2v) is 4.51. The van der Waals surface area contributed by atoms with E-state index >= 15 is 0 Å². The second-order valence-electron chi connectivity index (χ2n) is 4.51. The van der Waals surface area contributed by atoms with Crippen molar-refractivity contribution in [1.82, 2.24) is 15.3 Å². The number of amides is 1. The lowest BCUT2D eigenvalue weighted by Crippen LogP contribution is -2.23. The van der Waals surface area contributed by atoms with Crippen molar-refractivity contribution >= 4 is 5.91 Å². The molecule has 1 aliphatic rings. The van der Waals surface area contributed by atoms with Crippen LogP contribution in [0.2, 0.25) is 0 Å². The molecule has 0 aliphatic heterocycles. The molecule has 4 heteroatoms. The molecule has 0 fully saturated rings. The molecule has 1 aromatic rings. The van der Waals surface area contributed by atoms with E-state index in [1.165, 1.54) is 0 Å². The van der Waals surface area contributed by atoms with Gasteiger partial charge in [-0.3, -0.25) is 14.8 Å². The van der Waals surface area contributed by atoms with Gasteiger partial charge in [-0.05, 0) is 17.9 Å². The van der Waals surface area contributed by atoms with Crippen LogP contribution in [0.4, 0.5) is 0 Å². The van der Waals surface area contributed by atoms with Gasteiger partial charge in [0.15, 0.2) is 0 Å². The van der Waals surface area contributed by atoms with E-state index in [0.29, 0.717) is 18.9 Å². The molecular formula is C18H29N3O. The lowest BCUT2D eigenvalue weighted by molar-refractivity contribution is -0.120. The standard InChI is InChI=1S/C14H17N3O.2C2H6/c1-11-3-2-4-12(7-11)8-14(18)17-10-13-9-15-5-6-16-13;2*1-2/h2,4-7,9,11H,3,8,10H2,1H3,(H,17,18);2*1-2H3. The molecule has 0 aromatic carbocycles. The van der Waals surface area contributed by atoms with E-state index in [1.54, 1.807) is 18.6 Å². The van der Waals surface area contributed by atoms with Crippen LogP contribution >= 0.6 is 0 Å². The fourth-order valence-corrected chi connectivity index (χ4v) is 1.90. The number of aromatic nitrogens is 2. The lowest BCUT2D eigenvalue weighted by atomic mass is 9.96. The van der Waals surface area contributed by atoms with E-state index in [2.05, 4.69) is 34.4 Å². The minimum atomic E-state index is 0.0191. The van der Waals surface area contributed by atoms with Crippen LogP contribution in [0.1, 0.15) is 53.2 Å². The second kappa shape index (κ2) is 12.7. The van der Waals surface area contributed by atoms with Crippen molar-refractivity contribution in [2.45, 2.75) is 54.0 Å². The zero-order chi connectivity index (χ0) is 16.8. The molecule has 2 rings (SSSR count). The van der Waals surface area contributed by atoms with Gasteiger partial charge in [0.2, 0.25) is 5.91 Å². The highest BCUT2D eigenvalue weighted by Crippen LogP contribution is 2.17. The van der Waals surface area contributed by atoms with Gasteiger partial charge in [-0.25, -0.2) is 0 Å². The predicted octanol–water partition coefficient (Wildman–Crippen LogP) is 4.06.